The molecule has 0 unspecified atom stereocenters. The molecule has 0 radical (unpaired) electrons. The van der Waals surface area contributed by atoms with Gasteiger partial charge in [-0.2, -0.15) is 0 Å². The van der Waals surface area contributed by atoms with Gasteiger partial charge in [-0.1, -0.05) is 24.3 Å². The molecule has 0 saturated carbocycles. The van der Waals surface area contributed by atoms with Crippen molar-refractivity contribution in [3.8, 4) is 0 Å². The lowest BCUT2D eigenvalue weighted by Gasteiger charge is -2.45. The first-order chi connectivity index (χ1) is 11.7. The smallest absolute Gasteiger partial charge is 0.253 e. The summed E-state index contributed by atoms with van der Waals surface area (Å²) in [6.07, 6.45) is 2.43. The molecular weight excluding hydrogens is 304 g/mol. The summed E-state index contributed by atoms with van der Waals surface area (Å²) < 4.78 is 11.9. The molecule has 4 rings (SSSR count). The van der Waals surface area contributed by atoms with E-state index in [0.29, 0.717) is 13.2 Å². The summed E-state index contributed by atoms with van der Waals surface area (Å²) in [5.41, 5.74) is 2.54. The summed E-state index contributed by atoms with van der Waals surface area (Å²) in [4.78, 5) is 16.9. The van der Waals surface area contributed by atoms with Crippen LogP contribution in [0.4, 0.5) is 0 Å². The fourth-order valence-corrected chi connectivity index (χ4v) is 4.25. The molecule has 3 aliphatic rings. The molecule has 3 aliphatic heterocycles. The predicted molar refractivity (Wildman–Crippen MR) is 90.8 cm³/mol. The lowest BCUT2D eigenvalue weighted by molar-refractivity contribution is -0.156. The lowest BCUT2D eigenvalue weighted by atomic mass is 9.79. The van der Waals surface area contributed by atoms with Crippen molar-refractivity contribution >= 4 is 5.91 Å². The molecule has 0 N–H and O–H groups in total. The Morgan fingerprint density at radius 1 is 1.17 bits per heavy atom. The van der Waals surface area contributed by atoms with Gasteiger partial charge in [-0.25, -0.2) is 0 Å². The molecule has 0 bridgehead atoms. The highest BCUT2D eigenvalue weighted by Gasteiger charge is 2.42. The first kappa shape index (κ1) is 16.1. The molecule has 0 aliphatic carbocycles. The van der Waals surface area contributed by atoms with Crippen LogP contribution in [0.3, 0.4) is 0 Å². The van der Waals surface area contributed by atoms with Gasteiger partial charge in [0.25, 0.3) is 5.91 Å². The average molecular weight is 330 g/mol. The molecule has 0 aromatic heterocycles. The van der Waals surface area contributed by atoms with Crippen molar-refractivity contribution in [3.63, 3.8) is 0 Å². The van der Waals surface area contributed by atoms with E-state index in [1.54, 1.807) is 0 Å². The van der Waals surface area contributed by atoms with Crippen molar-refractivity contribution in [3.05, 3.63) is 35.4 Å². The van der Waals surface area contributed by atoms with Crippen LogP contribution in [-0.2, 0) is 26.3 Å². The first-order valence-corrected chi connectivity index (χ1v) is 8.99. The Balaban J connectivity index is 1.45. The third-order valence-electron chi connectivity index (χ3n) is 5.69. The highest BCUT2D eigenvalue weighted by Crippen LogP contribution is 2.41. The SMILES string of the molecule is CN1CCO[C@H](C(=O)N2CCC3(CC2)OCCc2ccccc23)C1. The van der Waals surface area contributed by atoms with Crippen LogP contribution in [0.1, 0.15) is 24.0 Å². The molecule has 1 aromatic rings. The van der Waals surface area contributed by atoms with Crippen LogP contribution in [-0.4, -0.2) is 68.3 Å². The van der Waals surface area contributed by atoms with Gasteiger partial charge >= 0.3 is 0 Å². The molecule has 1 amide bonds. The van der Waals surface area contributed by atoms with Crippen molar-refractivity contribution in [2.24, 2.45) is 0 Å². The van der Waals surface area contributed by atoms with Gasteiger partial charge in [0.2, 0.25) is 0 Å². The largest absolute Gasteiger partial charge is 0.370 e. The Bertz CT molecular complexity index is 610. The summed E-state index contributed by atoms with van der Waals surface area (Å²) in [7, 11) is 2.04. The maximum atomic E-state index is 12.7. The number of benzene rings is 1. The lowest BCUT2D eigenvalue weighted by Crippen LogP contribution is -2.54. The second-order valence-electron chi connectivity index (χ2n) is 7.20. The number of carbonyl (C=O) groups excluding carboxylic acids is 1. The van der Waals surface area contributed by atoms with Crippen molar-refractivity contribution in [1.29, 1.82) is 0 Å². The third kappa shape index (κ3) is 2.85. The number of amides is 1. The summed E-state index contributed by atoms with van der Waals surface area (Å²) in [6.45, 7) is 4.51. The number of nitrogens with zero attached hydrogens (tertiary/aromatic N) is 2. The zero-order chi connectivity index (χ0) is 16.6. The molecule has 3 heterocycles. The quantitative estimate of drug-likeness (QED) is 0.781. The molecule has 5 nitrogen and oxygen atoms in total. The van der Waals surface area contributed by atoms with Gasteiger partial charge in [-0.3, -0.25) is 4.79 Å². The fraction of sp³-hybridized carbons (Fsp3) is 0.632. The van der Waals surface area contributed by atoms with E-state index >= 15 is 0 Å². The Morgan fingerprint density at radius 3 is 2.75 bits per heavy atom. The highest BCUT2D eigenvalue weighted by atomic mass is 16.5. The number of ether oxygens (including phenoxy) is 2. The van der Waals surface area contributed by atoms with Crippen molar-refractivity contribution in [2.75, 3.05) is 46.4 Å². The summed E-state index contributed by atoms with van der Waals surface area (Å²) in [5.74, 6) is 0.139. The van der Waals surface area contributed by atoms with Gasteiger partial charge in [0.15, 0.2) is 0 Å². The highest BCUT2D eigenvalue weighted by molar-refractivity contribution is 5.81. The van der Waals surface area contributed by atoms with Crippen LogP contribution >= 0.6 is 0 Å². The van der Waals surface area contributed by atoms with Crippen LogP contribution in [0, 0.1) is 0 Å². The van der Waals surface area contributed by atoms with Gasteiger partial charge in [0.1, 0.15) is 6.10 Å². The first-order valence-electron chi connectivity index (χ1n) is 8.99. The number of rotatable bonds is 1. The van der Waals surface area contributed by atoms with Crippen LogP contribution in [0.5, 0.6) is 0 Å². The third-order valence-corrected chi connectivity index (χ3v) is 5.69. The van der Waals surface area contributed by atoms with E-state index in [1.165, 1.54) is 11.1 Å². The predicted octanol–water partition coefficient (Wildman–Crippen LogP) is 1.41. The molecule has 2 fully saturated rings. The molecule has 5 heteroatoms. The summed E-state index contributed by atoms with van der Waals surface area (Å²) >= 11 is 0. The monoisotopic (exact) mass is 330 g/mol. The number of fused-ring (bicyclic) bond motifs is 2. The molecule has 24 heavy (non-hydrogen) atoms. The minimum Gasteiger partial charge on any atom is -0.370 e. The maximum absolute atomic E-state index is 12.7. The molecule has 1 aromatic carbocycles. The number of morpholine rings is 1. The number of likely N-dealkylation sites (tertiary alicyclic amines) is 1. The fourth-order valence-electron chi connectivity index (χ4n) is 4.25. The number of hydrogen-bond donors (Lipinski definition) is 0. The van der Waals surface area contributed by atoms with Crippen LogP contribution < -0.4 is 0 Å². The molecule has 1 atom stereocenters. The number of likely N-dealkylation sites (N-methyl/N-ethyl adjacent to an activating group) is 1. The van der Waals surface area contributed by atoms with Gasteiger partial charge < -0.3 is 19.3 Å². The van der Waals surface area contributed by atoms with E-state index in [-0.39, 0.29) is 17.6 Å². The van der Waals surface area contributed by atoms with E-state index in [9.17, 15) is 4.79 Å². The zero-order valence-electron chi connectivity index (χ0n) is 14.4. The van der Waals surface area contributed by atoms with Crippen LogP contribution in [0.15, 0.2) is 24.3 Å². The van der Waals surface area contributed by atoms with Gasteiger partial charge in [0.05, 0.1) is 18.8 Å². The molecule has 2 saturated heterocycles. The Morgan fingerprint density at radius 2 is 1.96 bits per heavy atom. The minimum atomic E-state index is -0.308. The average Bonchev–Trinajstić information content (AvgIpc) is 2.62. The van der Waals surface area contributed by atoms with E-state index in [2.05, 4.69) is 29.2 Å². The Labute approximate surface area is 143 Å². The van der Waals surface area contributed by atoms with Crippen LogP contribution in [0.25, 0.3) is 0 Å². The van der Waals surface area contributed by atoms with E-state index in [1.807, 2.05) is 11.9 Å². The number of piperidine rings is 1. The number of hydrogen-bond acceptors (Lipinski definition) is 4. The van der Waals surface area contributed by atoms with Gasteiger partial charge in [0, 0.05) is 26.2 Å². The van der Waals surface area contributed by atoms with Crippen molar-refractivity contribution in [2.45, 2.75) is 31.0 Å². The van der Waals surface area contributed by atoms with Crippen LogP contribution in [0.2, 0.25) is 0 Å². The standard InChI is InChI=1S/C19H26N2O3/c1-20-11-13-23-17(14-20)18(22)21-9-7-19(8-10-21)16-5-3-2-4-15(16)6-12-24-19/h2-5,17H,6-14H2,1H3/t17-/m0/s1. The van der Waals surface area contributed by atoms with E-state index in [4.69, 9.17) is 9.47 Å². The van der Waals surface area contributed by atoms with E-state index in [0.717, 1.165) is 45.5 Å². The summed E-state index contributed by atoms with van der Waals surface area (Å²) in [6, 6.07) is 8.61. The normalized spacial score (nSPS) is 27.0. The van der Waals surface area contributed by atoms with Crippen molar-refractivity contribution in [1.82, 2.24) is 9.80 Å². The molecular formula is C19H26N2O3. The molecule has 130 valence electrons. The second kappa shape index (κ2) is 6.47. The summed E-state index contributed by atoms with van der Waals surface area (Å²) in [5, 5.41) is 0. The zero-order valence-corrected chi connectivity index (χ0v) is 14.4. The maximum Gasteiger partial charge on any atom is 0.253 e. The second-order valence-corrected chi connectivity index (χ2v) is 7.20. The van der Waals surface area contributed by atoms with Gasteiger partial charge in [-0.05, 0) is 37.4 Å². The number of carbonyl (C=O) groups is 1. The minimum absolute atomic E-state index is 0.139. The van der Waals surface area contributed by atoms with Crippen molar-refractivity contribution < 1.29 is 14.3 Å². The Kier molecular flexibility index (Phi) is 4.33. The topological polar surface area (TPSA) is 42.0 Å². The Hall–Kier alpha value is -1.43. The van der Waals surface area contributed by atoms with E-state index < -0.39 is 0 Å². The van der Waals surface area contributed by atoms with Gasteiger partial charge in [-0.15, -0.1) is 0 Å². The molecule has 1 spiro atoms.